The Labute approximate surface area is 311 Å². The molecule has 248 valence electrons. The van der Waals surface area contributed by atoms with Crippen LogP contribution in [0.4, 0.5) is 0 Å². The van der Waals surface area contributed by atoms with E-state index in [0.29, 0.717) is 5.82 Å². The van der Waals surface area contributed by atoms with E-state index in [2.05, 4.69) is 164 Å². The van der Waals surface area contributed by atoms with Crippen molar-refractivity contribution in [3.05, 3.63) is 188 Å². The predicted octanol–water partition coefficient (Wildman–Crippen LogP) is 13.4. The van der Waals surface area contributed by atoms with Crippen molar-refractivity contribution in [1.82, 2.24) is 15.0 Å². The van der Waals surface area contributed by atoms with E-state index in [4.69, 9.17) is 15.0 Å². The van der Waals surface area contributed by atoms with Crippen LogP contribution in [-0.2, 0) is 0 Å². The van der Waals surface area contributed by atoms with Gasteiger partial charge in [-0.3, -0.25) is 0 Å². The van der Waals surface area contributed by atoms with Crippen LogP contribution in [0.25, 0.3) is 98.5 Å². The summed E-state index contributed by atoms with van der Waals surface area (Å²) in [6.07, 6.45) is 0. The fraction of sp³-hybridized carbons (Fsp3) is 0. The molecule has 53 heavy (non-hydrogen) atoms. The van der Waals surface area contributed by atoms with Gasteiger partial charge < -0.3 is 0 Å². The third-order valence-corrected chi connectivity index (χ3v) is 11.1. The minimum Gasteiger partial charge on any atom is -0.246 e. The molecule has 4 heteroatoms. The summed E-state index contributed by atoms with van der Waals surface area (Å²) >= 11 is 1.85. The number of thiophene rings is 1. The van der Waals surface area contributed by atoms with Crippen LogP contribution in [0.5, 0.6) is 0 Å². The molecule has 0 unspecified atom stereocenters. The Morgan fingerprint density at radius 1 is 0.358 bits per heavy atom. The highest BCUT2D eigenvalue weighted by atomic mass is 32.1. The molecule has 3 nitrogen and oxygen atoms in total. The molecule has 0 fully saturated rings. The number of hydrogen-bond acceptors (Lipinski definition) is 4. The quantitative estimate of drug-likeness (QED) is 0.174. The first kappa shape index (κ1) is 31.0. The van der Waals surface area contributed by atoms with Crippen molar-refractivity contribution in [1.29, 1.82) is 0 Å². The highest BCUT2D eigenvalue weighted by molar-refractivity contribution is 7.26. The molecule has 0 atom stereocenters. The zero-order chi connectivity index (χ0) is 35.1. The summed E-state index contributed by atoms with van der Waals surface area (Å²) in [5, 5.41) is 3.62. The van der Waals surface area contributed by atoms with Gasteiger partial charge >= 0.3 is 0 Å². The van der Waals surface area contributed by atoms with E-state index >= 15 is 0 Å². The van der Waals surface area contributed by atoms with E-state index in [0.717, 1.165) is 56.0 Å². The Hall–Kier alpha value is -6.75. The molecule has 0 aliphatic carbocycles. The van der Waals surface area contributed by atoms with Gasteiger partial charge in [0.25, 0.3) is 0 Å². The third-order valence-electron chi connectivity index (χ3n) is 9.92. The molecular formula is C49H31N3S. The van der Waals surface area contributed by atoms with Gasteiger partial charge in [-0.1, -0.05) is 176 Å². The van der Waals surface area contributed by atoms with Crippen molar-refractivity contribution < 1.29 is 0 Å². The minimum absolute atomic E-state index is 0.699. The zero-order valence-electron chi connectivity index (χ0n) is 28.6. The van der Waals surface area contributed by atoms with Gasteiger partial charge in [0.2, 0.25) is 0 Å². The molecule has 0 saturated heterocycles. The van der Waals surface area contributed by atoms with E-state index < -0.39 is 0 Å². The maximum absolute atomic E-state index is 5.49. The number of aromatic nitrogens is 3. The maximum atomic E-state index is 5.49. The van der Waals surface area contributed by atoms with E-state index in [1.54, 1.807) is 0 Å². The van der Waals surface area contributed by atoms with Crippen molar-refractivity contribution in [3.8, 4) is 67.4 Å². The lowest BCUT2D eigenvalue weighted by Crippen LogP contribution is -1.96. The van der Waals surface area contributed by atoms with Crippen LogP contribution in [-0.4, -0.2) is 15.0 Å². The lowest BCUT2D eigenvalue weighted by molar-refractivity contribution is 1.18. The molecule has 0 radical (unpaired) electrons. The van der Waals surface area contributed by atoms with Crippen molar-refractivity contribution >= 4 is 42.4 Å². The summed E-state index contributed by atoms with van der Waals surface area (Å²) in [7, 11) is 0. The Morgan fingerprint density at radius 3 is 1.53 bits per heavy atom. The van der Waals surface area contributed by atoms with Gasteiger partial charge in [0.15, 0.2) is 5.82 Å². The maximum Gasteiger partial charge on any atom is 0.160 e. The summed E-state index contributed by atoms with van der Waals surface area (Å²) in [5.74, 6) is 0.699. The number of rotatable bonds is 6. The van der Waals surface area contributed by atoms with Gasteiger partial charge in [-0.15, -0.1) is 11.3 Å². The molecule has 0 saturated carbocycles. The van der Waals surface area contributed by atoms with Gasteiger partial charge in [0.05, 0.1) is 22.6 Å². The molecule has 3 aromatic heterocycles. The van der Waals surface area contributed by atoms with E-state index in [1.165, 1.54) is 36.7 Å². The van der Waals surface area contributed by atoms with Crippen LogP contribution in [0.2, 0.25) is 0 Å². The number of para-hydroxylation sites is 1. The average Bonchev–Trinajstić information content (AvgIpc) is 3.64. The lowest BCUT2D eigenvalue weighted by atomic mass is 9.97. The molecule has 10 aromatic rings. The monoisotopic (exact) mass is 693 g/mol. The fourth-order valence-electron chi connectivity index (χ4n) is 7.27. The first-order chi connectivity index (χ1) is 26.3. The molecule has 7 aromatic carbocycles. The van der Waals surface area contributed by atoms with Gasteiger partial charge in [-0.05, 0) is 28.8 Å². The van der Waals surface area contributed by atoms with E-state index in [-0.39, 0.29) is 0 Å². The van der Waals surface area contributed by atoms with Gasteiger partial charge in [-0.2, -0.15) is 0 Å². The van der Waals surface area contributed by atoms with Crippen molar-refractivity contribution in [2.24, 2.45) is 0 Å². The molecule has 0 amide bonds. The van der Waals surface area contributed by atoms with Gasteiger partial charge in [-0.25, -0.2) is 15.0 Å². The Kier molecular flexibility index (Phi) is 7.67. The first-order valence-electron chi connectivity index (χ1n) is 17.8. The minimum atomic E-state index is 0.699. The zero-order valence-corrected chi connectivity index (χ0v) is 29.5. The van der Waals surface area contributed by atoms with Crippen LogP contribution < -0.4 is 0 Å². The molecule has 3 heterocycles. The van der Waals surface area contributed by atoms with Gasteiger partial charge in [0, 0.05) is 53.4 Å². The molecule has 0 bridgehead atoms. The molecule has 0 spiro atoms. The van der Waals surface area contributed by atoms with Crippen LogP contribution in [0, 0.1) is 0 Å². The number of benzene rings is 7. The second kappa shape index (κ2) is 13.1. The largest absolute Gasteiger partial charge is 0.246 e. The standard InChI is InChI=1S/C49H31N3S/c1-4-13-32(14-5-1)33-23-25-35(26-24-33)42-31-43(51-49(50-42)38-17-8-3-9-18-38)36-27-29-37(30-28-36)46-45-40-19-10-11-22-44(40)53-48(45)41-21-12-20-39(47(41)52-46)34-15-6-2-7-16-34/h1-31H. The second-order valence-electron chi connectivity index (χ2n) is 13.2. The molecule has 0 aliphatic heterocycles. The Balaban J connectivity index is 1.11. The first-order valence-corrected chi connectivity index (χ1v) is 18.6. The summed E-state index contributed by atoms with van der Waals surface area (Å²) in [5.41, 5.74) is 12.5. The Bertz CT molecular complexity index is 2900. The summed E-state index contributed by atoms with van der Waals surface area (Å²) in [4.78, 5) is 15.7. The normalized spacial score (nSPS) is 11.4. The number of pyridine rings is 1. The fourth-order valence-corrected chi connectivity index (χ4v) is 8.50. The molecule has 0 N–H and O–H groups in total. The predicted molar refractivity (Wildman–Crippen MR) is 223 cm³/mol. The van der Waals surface area contributed by atoms with E-state index in [1.807, 2.05) is 35.6 Å². The Morgan fingerprint density at radius 2 is 0.868 bits per heavy atom. The number of fused-ring (bicyclic) bond motifs is 5. The van der Waals surface area contributed by atoms with Crippen LogP contribution in [0.3, 0.4) is 0 Å². The number of nitrogens with zero attached hydrogens (tertiary/aromatic N) is 3. The van der Waals surface area contributed by atoms with Crippen molar-refractivity contribution in [3.63, 3.8) is 0 Å². The van der Waals surface area contributed by atoms with Gasteiger partial charge in [0.1, 0.15) is 0 Å². The van der Waals surface area contributed by atoms with E-state index in [9.17, 15) is 0 Å². The molecule has 0 aliphatic rings. The van der Waals surface area contributed by atoms with Crippen LogP contribution in [0.15, 0.2) is 188 Å². The summed E-state index contributed by atoms with van der Waals surface area (Å²) < 4.78 is 2.53. The van der Waals surface area contributed by atoms with Crippen LogP contribution >= 0.6 is 11.3 Å². The number of hydrogen-bond donors (Lipinski definition) is 0. The second-order valence-corrected chi connectivity index (χ2v) is 14.2. The average molecular weight is 694 g/mol. The topological polar surface area (TPSA) is 38.7 Å². The SMILES string of the molecule is c1ccc(-c2ccc(-c3cc(-c4ccc(-c5nc6c(-c7ccccc7)cccc6c6sc7ccccc7c56)cc4)nc(-c4ccccc4)n3)cc2)cc1. The molecular weight excluding hydrogens is 663 g/mol. The summed E-state index contributed by atoms with van der Waals surface area (Å²) in [6.45, 7) is 0. The van der Waals surface area contributed by atoms with Crippen LogP contribution in [0.1, 0.15) is 0 Å². The molecule has 10 rings (SSSR count). The highest BCUT2D eigenvalue weighted by Gasteiger charge is 2.19. The lowest BCUT2D eigenvalue weighted by Gasteiger charge is -2.13. The smallest absolute Gasteiger partial charge is 0.160 e. The van der Waals surface area contributed by atoms with Crippen molar-refractivity contribution in [2.75, 3.05) is 0 Å². The summed E-state index contributed by atoms with van der Waals surface area (Å²) in [6, 6.07) is 65.9. The third kappa shape index (κ3) is 5.66. The highest BCUT2D eigenvalue weighted by Crippen LogP contribution is 2.44. The van der Waals surface area contributed by atoms with Crippen molar-refractivity contribution in [2.45, 2.75) is 0 Å².